The molecule has 0 radical (unpaired) electrons. The van der Waals surface area contributed by atoms with E-state index in [9.17, 15) is 9.59 Å². The summed E-state index contributed by atoms with van der Waals surface area (Å²) in [5.41, 5.74) is 2.16. The number of carbonyl (C=O) groups is 2. The van der Waals surface area contributed by atoms with Crippen molar-refractivity contribution >= 4 is 11.8 Å². The summed E-state index contributed by atoms with van der Waals surface area (Å²) < 4.78 is 1.99. The molecule has 1 unspecified atom stereocenters. The van der Waals surface area contributed by atoms with E-state index in [1.165, 1.54) is 6.92 Å². The second kappa shape index (κ2) is 8.29. The maximum atomic E-state index is 12.3. The number of aromatic nitrogens is 2. The first-order chi connectivity index (χ1) is 11.5. The molecule has 0 aliphatic rings. The van der Waals surface area contributed by atoms with Crippen LogP contribution in [0.1, 0.15) is 31.9 Å². The summed E-state index contributed by atoms with van der Waals surface area (Å²) in [6.07, 6.45) is 5.43. The Kier molecular flexibility index (Phi) is 6.12. The Hall–Kier alpha value is -2.63. The molecule has 2 rings (SSSR count). The fraction of sp³-hybridized carbons (Fsp3) is 0.389. The lowest BCUT2D eigenvalue weighted by Crippen LogP contribution is -2.48. The lowest BCUT2D eigenvalue weighted by molar-refractivity contribution is -0.129. The van der Waals surface area contributed by atoms with E-state index < -0.39 is 6.04 Å². The summed E-state index contributed by atoms with van der Waals surface area (Å²) in [5, 5.41) is 5.59. The molecule has 0 saturated heterocycles. The molecule has 0 saturated carbocycles. The lowest BCUT2D eigenvalue weighted by Gasteiger charge is -2.21. The van der Waals surface area contributed by atoms with Crippen LogP contribution in [0.3, 0.4) is 0 Å². The van der Waals surface area contributed by atoms with Crippen molar-refractivity contribution in [3.05, 3.63) is 54.1 Å². The summed E-state index contributed by atoms with van der Waals surface area (Å²) in [6.45, 7) is 6.40. The van der Waals surface area contributed by atoms with Gasteiger partial charge in [0.1, 0.15) is 6.04 Å². The Bertz CT molecular complexity index is 680. The summed E-state index contributed by atoms with van der Waals surface area (Å²) in [5.74, 6) is -0.340. The number of imidazole rings is 1. The van der Waals surface area contributed by atoms with E-state index in [4.69, 9.17) is 0 Å². The first-order valence-electron chi connectivity index (χ1n) is 8.04. The fourth-order valence-electron chi connectivity index (χ4n) is 2.48. The number of benzene rings is 1. The van der Waals surface area contributed by atoms with E-state index in [1.54, 1.807) is 12.5 Å². The van der Waals surface area contributed by atoms with E-state index in [2.05, 4.69) is 21.7 Å². The van der Waals surface area contributed by atoms with Gasteiger partial charge in [-0.2, -0.15) is 0 Å². The van der Waals surface area contributed by atoms with Crippen LogP contribution in [0, 0.1) is 5.92 Å². The normalized spacial score (nSPS) is 12.0. The Balaban J connectivity index is 1.95. The van der Waals surface area contributed by atoms with Crippen molar-refractivity contribution in [3.8, 4) is 0 Å². The summed E-state index contributed by atoms with van der Waals surface area (Å²) >= 11 is 0. The van der Waals surface area contributed by atoms with Crippen molar-refractivity contribution in [2.24, 2.45) is 5.92 Å². The number of hydrogen-bond donors (Lipinski definition) is 2. The van der Waals surface area contributed by atoms with Crippen LogP contribution < -0.4 is 10.6 Å². The van der Waals surface area contributed by atoms with Gasteiger partial charge in [0.15, 0.2) is 0 Å². The third-order valence-electron chi connectivity index (χ3n) is 3.69. The predicted molar refractivity (Wildman–Crippen MR) is 92.1 cm³/mol. The first-order valence-corrected chi connectivity index (χ1v) is 8.04. The Morgan fingerprint density at radius 3 is 2.62 bits per heavy atom. The zero-order valence-electron chi connectivity index (χ0n) is 14.3. The van der Waals surface area contributed by atoms with Gasteiger partial charge in [0.25, 0.3) is 0 Å². The first kappa shape index (κ1) is 17.7. The summed E-state index contributed by atoms with van der Waals surface area (Å²) in [4.78, 5) is 27.6. The largest absolute Gasteiger partial charge is 0.350 e. The molecule has 0 bridgehead atoms. The van der Waals surface area contributed by atoms with Crippen LogP contribution in [0.4, 0.5) is 0 Å². The van der Waals surface area contributed by atoms with E-state index >= 15 is 0 Å². The highest BCUT2D eigenvalue weighted by Gasteiger charge is 2.22. The molecular weight excluding hydrogens is 304 g/mol. The van der Waals surface area contributed by atoms with Crippen molar-refractivity contribution in [1.29, 1.82) is 0 Å². The van der Waals surface area contributed by atoms with Crippen LogP contribution >= 0.6 is 0 Å². The van der Waals surface area contributed by atoms with Gasteiger partial charge >= 0.3 is 0 Å². The van der Waals surface area contributed by atoms with Crippen LogP contribution in [0.5, 0.6) is 0 Å². The Morgan fingerprint density at radius 1 is 1.25 bits per heavy atom. The molecule has 6 nitrogen and oxygen atoms in total. The minimum Gasteiger partial charge on any atom is -0.350 e. The molecule has 24 heavy (non-hydrogen) atoms. The molecule has 128 valence electrons. The van der Waals surface area contributed by atoms with Crippen molar-refractivity contribution in [1.82, 2.24) is 20.2 Å². The SMILES string of the molecule is CC(=O)NC(C(=O)NCc1cccc(Cn2ccnc2)c1)C(C)C. The highest BCUT2D eigenvalue weighted by Crippen LogP contribution is 2.08. The number of nitrogens with one attached hydrogen (secondary N) is 2. The number of hydrogen-bond acceptors (Lipinski definition) is 3. The molecule has 0 spiro atoms. The maximum Gasteiger partial charge on any atom is 0.243 e. The second-order valence-electron chi connectivity index (χ2n) is 6.19. The summed E-state index contributed by atoms with van der Waals surface area (Å²) in [7, 11) is 0. The van der Waals surface area contributed by atoms with Crippen LogP contribution in [0.15, 0.2) is 43.0 Å². The zero-order valence-corrected chi connectivity index (χ0v) is 14.3. The van der Waals surface area contributed by atoms with Crippen LogP contribution in [0.25, 0.3) is 0 Å². The quantitative estimate of drug-likeness (QED) is 0.812. The van der Waals surface area contributed by atoms with Gasteiger partial charge in [0.2, 0.25) is 11.8 Å². The van der Waals surface area contributed by atoms with E-state index in [-0.39, 0.29) is 17.7 Å². The number of nitrogens with zero attached hydrogens (tertiary/aromatic N) is 2. The molecule has 1 aromatic heterocycles. The minimum atomic E-state index is -0.517. The van der Waals surface area contributed by atoms with Gasteiger partial charge in [-0.3, -0.25) is 9.59 Å². The number of rotatable bonds is 7. The lowest BCUT2D eigenvalue weighted by atomic mass is 10.0. The zero-order chi connectivity index (χ0) is 17.5. The topological polar surface area (TPSA) is 76.0 Å². The smallest absolute Gasteiger partial charge is 0.243 e. The van der Waals surface area contributed by atoms with Gasteiger partial charge in [0.05, 0.1) is 6.33 Å². The molecule has 1 heterocycles. The van der Waals surface area contributed by atoms with E-state index in [0.29, 0.717) is 6.54 Å². The van der Waals surface area contributed by atoms with Gasteiger partial charge in [-0.25, -0.2) is 4.98 Å². The average Bonchev–Trinajstić information content (AvgIpc) is 3.03. The Morgan fingerprint density at radius 2 is 2.00 bits per heavy atom. The number of carbonyl (C=O) groups excluding carboxylic acids is 2. The molecule has 0 fully saturated rings. The minimum absolute atomic E-state index is 0.0291. The molecule has 1 aromatic carbocycles. The monoisotopic (exact) mass is 328 g/mol. The van der Waals surface area contributed by atoms with Gasteiger partial charge in [0, 0.05) is 32.4 Å². The molecule has 6 heteroatoms. The molecule has 2 aromatic rings. The van der Waals surface area contributed by atoms with Crippen molar-refractivity contribution in [3.63, 3.8) is 0 Å². The third kappa shape index (κ3) is 5.22. The predicted octanol–water partition coefficient (Wildman–Crippen LogP) is 1.71. The third-order valence-corrected chi connectivity index (χ3v) is 3.69. The molecular formula is C18H24N4O2. The number of amides is 2. The summed E-state index contributed by atoms with van der Waals surface area (Å²) in [6, 6.07) is 7.53. The van der Waals surface area contributed by atoms with Crippen molar-refractivity contribution in [2.75, 3.05) is 0 Å². The molecule has 1 atom stereocenters. The van der Waals surface area contributed by atoms with Gasteiger partial charge in [-0.05, 0) is 17.0 Å². The van der Waals surface area contributed by atoms with Gasteiger partial charge in [-0.1, -0.05) is 38.1 Å². The average molecular weight is 328 g/mol. The standard InChI is InChI=1S/C18H24N4O2/c1-13(2)17(21-14(3)23)18(24)20-10-15-5-4-6-16(9-15)11-22-8-7-19-12-22/h4-9,12-13,17H,10-11H2,1-3H3,(H,20,24)(H,21,23). The second-order valence-corrected chi connectivity index (χ2v) is 6.19. The molecule has 0 aliphatic carbocycles. The van der Waals surface area contributed by atoms with Crippen LogP contribution in [-0.2, 0) is 22.7 Å². The van der Waals surface area contributed by atoms with E-state index in [1.807, 2.05) is 42.8 Å². The highest BCUT2D eigenvalue weighted by molar-refractivity contribution is 5.87. The van der Waals surface area contributed by atoms with Crippen LogP contribution in [0.2, 0.25) is 0 Å². The molecule has 0 aliphatic heterocycles. The van der Waals surface area contributed by atoms with E-state index in [0.717, 1.165) is 17.7 Å². The van der Waals surface area contributed by atoms with Crippen LogP contribution in [-0.4, -0.2) is 27.4 Å². The molecule has 2 N–H and O–H groups in total. The van der Waals surface area contributed by atoms with Gasteiger partial charge in [-0.15, -0.1) is 0 Å². The van der Waals surface area contributed by atoms with Crippen molar-refractivity contribution in [2.45, 2.75) is 39.9 Å². The van der Waals surface area contributed by atoms with Crippen molar-refractivity contribution < 1.29 is 9.59 Å². The maximum absolute atomic E-state index is 12.3. The molecule has 2 amide bonds. The van der Waals surface area contributed by atoms with Gasteiger partial charge < -0.3 is 15.2 Å². The Labute approximate surface area is 142 Å². The highest BCUT2D eigenvalue weighted by atomic mass is 16.2. The fourth-order valence-corrected chi connectivity index (χ4v) is 2.48.